The fourth-order valence-electron chi connectivity index (χ4n) is 7.41. The SMILES string of the molecule is CN(CCOC1CCC(CC2SC(=O)NC2=O)CC1)C1NC(C2CCCCC2)NC2CCCCC21. The molecular formula is C27H46N4O3S. The summed E-state index contributed by atoms with van der Waals surface area (Å²) in [6.45, 7) is 1.76. The normalized spacial score (nSPS) is 39.0. The van der Waals surface area contributed by atoms with E-state index in [0.717, 1.165) is 51.2 Å². The summed E-state index contributed by atoms with van der Waals surface area (Å²) in [5.74, 6) is 1.91. The van der Waals surface area contributed by atoms with Gasteiger partial charge in [0.2, 0.25) is 5.91 Å². The van der Waals surface area contributed by atoms with Crippen LogP contribution in [0.25, 0.3) is 0 Å². The molecule has 3 aliphatic carbocycles. The van der Waals surface area contributed by atoms with Crippen LogP contribution < -0.4 is 16.0 Å². The summed E-state index contributed by atoms with van der Waals surface area (Å²) in [7, 11) is 2.29. The summed E-state index contributed by atoms with van der Waals surface area (Å²) >= 11 is 1.17. The first-order chi connectivity index (χ1) is 17.1. The number of thioether (sulfide) groups is 1. The van der Waals surface area contributed by atoms with Crippen molar-refractivity contribution in [1.82, 2.24) is 20.9 Å². The minimum absolute atomic E-state index is 0.0983. The Hall–Kier alpha value is -0.670. The number of ether oxygens (including phenoxy) is 1. The van der Waals surface area contributed by atoms with Crippen molar-refractivity contribution in [1.29, 1.82) is 0 Å². The predicted molar refractivity (Wildman–Crippen MR) is 140 cm³/mol. The van der Waals surface area contributed by atoms with Crippen molar-refractivity contribution in [3.05, 3.63) is 0 Å². The molecule has 5 atom stereocenters. The van der Waals surface area contributed by atoms with Crippen LogP contribution in [0.5, 0.6) is 0 Å². The first kappa shape index (κ1) is 26.0. The van der Waals surface area contributed by atoms with Gasteiger partial charge in [-0.1, -0.05) is 43.9 Å². The number of imide groups is 1. The number of likely N-dealkylation sites (N-methyl/N-ethyl adjacent to an activating group) is 1. The van der Waals surface area contributed by atoms with E-state index in [1.165, 1.54) is 69.5 Å². The van der Waals surface area contributed by atoms with Gasteiger partial charge in [0, 0.05) is 18.5 Å². The predicted octanol–water partition coefficient (Wildman–Crippen LogP) is 4.22. The van der Waals surface area contributed by atoms with E-state index < -0.39 is 0 Å². The molecule has 8 heteroatoms. The number of carbonyl (C=O) groups excluding carboxylic acids is 2. The van der Waals surface area contributed by atoms with Crippen molar-refractivity contribution in [3.8, 4) is 0 Å². The minimum atomic E-state index is -0.186. The lowest BCUT2D eigenvalue weighted by molar-refractivity contribution is -0.119. The van der Waals surface area contributed by atoms with Crippen LogP contribution in [0.1, 0.15) is 89.9 Å². The average molecular weight is 507 g/mol. The van der Waals surface area contributed by atoms with Gasteiger partial charge in [-0.3, -0.25) is 30.4 Å². The molecule has 0 bridgehead atoms. The van der Waals surface area contributed by atoms with Gasteiger partial charge >= 0.3 is 0 Å². The fourth-order valence-corrected chi connectivity index (χ4v) is 8.36. The van der Waals surface area contributed by atoms with Gasteiger partial charge in [-0.25, -0.2) is 0 Å². The molecule has 5 rings (SSSR count). The molecule has 0 aromatic rings. The van der Waals surface area contributed by atoms with Crippen LogP contribution in [0.4, 0.5) is 4.79 Å². The molecule has 0 spiro atoms. The monoisotopic (exact) mass is 506 g/mol. The second-order valence-corrected chi connectivity index (χ2v) is 13.0. The van der Waals surface area contributed by atoms with Crippen LogP contribution in [-0.4, -0.2) is 66.0 Å². The van der Waals surface area contributed by atoms with E-state index in [2.05, 4.69) is 27.9 Å². The summed E-state index contributed by atoms with van der Waals surface area (Å²) in [5.41, 5.74) is 0. The van der Waals surface area contributed by atoms with Crippen LogP contribution in [-0.2, 0) is 9.53 Å². The lowest BCUT2D eigenvalue weighted by atomic mass is 9.77. The highest BCUT2D eigenvalue weighted by molar-refractivity contribution is 8.15. The van der Waals surface area contributed by atoms with E-state index in [1.807, 2.05) is 0 Å². The Morgan fingerprint density at radius 1 is 0.914 bits per heavy atom. The summed E-state index contributed by atoms with van der Waals surface area (Å²) in [6, 6.07) is 0.663. The van der Waals surface area contributed by atoms with Crippen molar-refractivity contribution in [2.45, 2.75) is 120 Å². The molecule has 2 heterocycles. The average Bonchev–Trinajstić information content (AvgIpc) is 3.21. The third-order valence-corrected chi connectivity index (χ3v) is 10.5. The number of hydrogen-bond acceptors (Lipinski definition) is 7. The van der Waals surface area contributed by atoms with Crippen LogP contribution in [0.3, 0.4) is 0 Å². The second kappa shape index (κ2) is 12.2. The van der Waals surface area contributed by atoms with Gasteiger partial charge in [0.05, 0.1) is 30.3 Å². The Bertz CT molecular complexity index is 725. The zero-order valence-corrected chi connectivity index (χ0v) is 22.3. The molecule has 2 amide bonds. The number of nitrogens with one attached hydrogen (secondary N) is 3. The fraction of sp³-hybridized carbons (Fsp3) is 0.926. The summed E-state index contributed by atoms with van der Waals surface area (Å²) < 4.78 is 6.36. The van der Waals surface area contributed by atoms with E-state index >= 15 is 0 Å². The Morgan fingerprint density at radius 3 is 2.40 bits per heavy atom. The second-order valence-electron chi connectivity index (χ2n) is 11.8. The van der Waals surface area contributed by atoms with Crippen LogP contribution in [0.15, 0.2) is 0 Å². The smallest absolute Gasteiger partial charge is 0.286 e. The van der Waals surface area contributed by atoms with Crippen molar-refractivity contribution in [3.63, 3.8) is 0 Å². The van der Waals surface area contributed by atoms with Gasteiger partial charge in [-0.2, -0.15) is 0 Å². The lowest BCUT2D eigenvalue weighted by Gasteiger charge is -2.51. The van der Waals surface area contributed by atoms with E-state index in [0.29, 0.717) is 36.3 Å². The minimum Gasteiger partial charge on any atom is -0.377 e. The van der Waals surface area contributed by atoms with Crippen molar-refractivity contribution in [2.24, 2.45) is 17.8 Å². The highest BCUT2D eigenvalue weighted by atomic mass is 32.2. The molecule has 2 aliphatic heterocycles. The molecule has 3 saturated carbocycles. The first-order valence-corrected chi connectivity index (χ1v) is 15.3. The molecule has 7 nitrogen and oxygen atoms in total. The Morgan fingerprint density at radius 2 is 1.66 bits per heavy atom. The molecule has 5 aliphatic rings. The number of rotatable bonds is 8. The van der Waals surface area contributed by atoms with E-state index in [1.54, 1.807) is 0 Å². The summed E-state index contributed by atoms with van der Waals surface area (Å²) in [4.78, 5) is 25.8. The number of fused-ring (bicyclic) bond motifs is 1. The van der Waals surface area contributed by atoms with Gasteiger partial charge < -0.3 is 4.74 Å². The molecule has 198 valence electrons. The quantitative estimate of drug-likeness (QED) is 0.455. The maximum absolute atomic E-state index is 11.9. The lowest BCUT2D eigenvalue weighted by Crippen LogP contribution is -2.69. The molecule has 0 aromatic heterocycles. The van der Waals surface area contributed by atoms with Crippen molar-refractivity contribution >= 4 is 22.9 Å². The van der Waals surface area contributed by atoms with Gasteiger partial charge in [0.1, 0.15) is 0 Å². The summed E-state index contributed by atoms with van der Waals surface area (Å²) in [6.07, 6.45) is 18.7. The van der Waals surface area contributed by atoms with Crippen molar-refractivity contribution in [2.75, 3.05) is 20.2 Å². The topological polar surface area (TPSA) is 82.7 Å². The molecule has 3 N–H and O–H groups in total. The largest absolute Gasteiger partial charge is 0.377 e. The van der Waals surface area contributed by atoms with Crippen LogP contribution >= 0.6 is 11.8 Å². The highest BCUT2D eigenvalue weighted by Crippen LogP contribution is 2.36. The number of nitrogens with zero attached hydrogens (tertiary/aromatic N) is 1. The van der Waals surface area contributed by atoms with E-state index in [4.69, 9.17) is 4.74 Å². The maximum Gasteiger partial charge on any atom is 0.286 e. The Kier molecular flexibility index (Phi) is 9.08. The number of carbonyl (C=O) groups is 2. The Labute approximate surface area is 215 Å². The molecule has 5 unspecified atom stereocenters. The van der Waals surface area contributed by atoms with E-state index in [-0.39, 0.29) is 16.4 Å². The third-order valence-electron chi connectivity index (χ3n) is 9.47. The van der Waals surface area contributed by atoms with Crippen molar-refractivity contribution < 1.29 is 14.3 Å². The molecule has 0 aromatic carbocycles. The number of hydrogen-bond donors (Lipinski definition) is 3. The van der Waals surface area contributed by atoms with Gasteiger partial charge in [-0.05, 0) is 76.7 Å². The van der Waals surface area contributed by atoms with Gasteiger partial charge in [0.25, 0.3) is 5.24 Å². The molecule has 5 fully saturated rings. The standard InChI is InChI=1S/C27H46N4O3S/c1-31(15-16-34-20-13-11-18(12-14-20)17-23-26(32)30-27(33)35-23)25-21-9-5-6-10-22(21)28-24(29-25)19-7-3-2-4-8-19/h18-25,28-29H,2-17H2,1H3,(H,30,32,33). The summed E-state index contributed by atoms with van der Waals surface area (Å²) in [5, 5.41) is 10.1. The molecule has 2 saturated heterocycles. The Balaban J connectivity index is 1.06. The highest BCUT2D eigenvalue weighted by Gasteiger charge is 2.42. The molecular weight excluding hydrogens is 460 g/mol. The third kappa shape index (κ3) is 6.61. The van der Waals surface area contributed by atoms with Gasteiger partial charge in [-0.15, -0.1) is 0 Å². The van der Waals surface area contributed by atoms with E-state index in [9.17, 15) is 9.59 Å². The van der Waals surface area contributed by atoms with Crippen LogP contribution in [0.2, 0.25) is 0 Å². The zero-order chi connectivity index (χ0) is 24.2. The molecule has 0 radical (unpaired) electrons. The number of amides is 2. The van der Waals surface area contributed by atoms with Crippen LogP contribution in [0, 0.1) is 17.8 Å². The maximum atomic E-state index is 11.9. The zero-order valence-electron chi connectivity index (χ0n) is 21.5. The first-order valence-electron chi connectivity index (χ1n) is 14.4. The molecule has 35 heavy (non-hydrogen) atoms. The van der Waals surface area contributed by atoms with Gasteiger partial charge in [0.15, 0.2) is 0 Å².